The number of nitrogens with one attached hydrogen (secondary N) is 1. The Balaban J connectivity index is 0.000000604. The van der Waals surface area contributed by atoms with Crippen LogP contribution in [0.1, 0.15) is 23.3 Å². The molecule has 28 heavy (non-hydrogen) atoms. The van der Waals surface area contributed by atoms with Crippen LogP contribution in [-0.2, 0) is 4.79 Å². The third-order valence-corrected chi connectivity index (χ3v) is 6.20. The smallest absolute Gasteiger partial charge is 0.290 e. The van der Waals surface area contributed by atoms with Crippen LogP contribution in [0.2, 0.25) is 0 Å². The molecule has 6 rings (SSSR count). The Labute approximate surface area is 166 Å². The van der Waals surface area contributed by atoms with Gasteiger partial charge in [-0.3, -0.25) is 9.59 Å². The number of amides is 1. The molecule has 0 radical (unpaired) electrons. The van der Waals surface area contributed by atoms with Gasteiger partial charge in [-0.2, -0.15) is 16.4 Å². The van der Waals surface area contributed by atoms with Crippen LogP contribution in [-0.4, -0.2) is 57.8 Å². The number of hydrogen-bond acceptors (Lipinski definition) is 5. The average molecular weight is 398 g/mol. The quantitative estimate of drug-likeness (QED) is 0.662. The van der Waals surface area contributed by atoms with Crippen molar-refractivity contribution in [2.75, 3.05) is 19.6 Å². The van der Waals surface area contributed by atoms with Crippen molar-refractivity contribution in [1.82, 2.24) is 20.0 Å². The molecule has 1 aromatic carbocycles. The summed E-state index contributed by atoms with van der Waals surface area (Å²) in [6, 6.07) is 10.2. The van der Waals surface area contributed by atoms with Crippen LogP contribution in [0.4, 0.5) is 0 Å². The van der Waals surface area contributed by atoms with E-state index in [-0.39, 0.29) is 18.4 Å². The van der Waals surface area contributed by atoms with Crippen LogP contribution < -0.4 is 5.32 Å². The van der Waals surface area contributed by atoms with Crippen LogP contribution in [0, 0.1) is 5.92 Å². The maximum atomic E-state index is 13.0. The highest BCUT2D eigenvalue weighted by Gasteiger charge is 2.35. The molecule has 3 aliphatic rings. The topological polar surface area (TPSA) is 87.5 Å². The van der Waals surface area contributed by atoms with Crippen molar-refractivity contribution in [3.05, 3.63) is 46.8 Å². The molecular formula is C20H22N4O3S. The fourth-order valence-corrected chi connectivity index (χ4v) is 4.79. The van der Waals surface area contributed by atoms with Gasteiger partial charge in [-0.05, 0) is 49.4 Å². The summed E-state index contributed by atoms with van der Waals surface area (Å²) >= 11 is 1.63. The molecule has 7 nitrogen and oxygen atoms in total. The number of carbonyl (C=O) groups is 2. The minimum absolute atomic E-state index is 0.0519. The van der Waals surface area contributed by atoms with Gasteiger partial charge in [-0.1, -0.05) is 18.2 Å². The Morgan fingerprint density at radius 3 is 2.64 bits per heavy atom. The highest BCUT2D eigenvalue weighted by molar-refractivity contribution is 7.08. The predicted molar refractivity (Wildman–Crippen MR) is 108 cm³/mol. The zero-order valence-electron chi connectivity index (χ0n) is 15.3. The summed E-state index contributed by atoms with van der Waals surface area (Å²) in [4.78, 5) is 23.8. The van der Waals surface area contributed by atoms with Crippen molar-refractivity contribution in [2.45, 2.75) is 18.9 Å². The second-order valence-corrected chi connectivity index (χ2v) is 7.86. The van der Waals surface area contributed by atoms with Crippen LogP contribution in [0.5, 0.6) is 0 Å². The molecule has 8 heteroatoms. The summed E-state index contributed by atoms with van der Waals surface area (Å²) in [5, 5.41) is 19.8. The Kier molecular flexibility index (Phi) is 5.40. The Morgan fingerprint density at radius 2 is 2.00 bits per heavy atom. The van der Waals surface area contributed by atoms with Crippen LogP contribution >= 0.6 is 11.3 Å². The Bertz CT molecular complexity index is 961. The van der Waals surface area contributed by atoms with Crippen molar-refractivity contribution in [1.29, 1.82) is 0 Å². The molecule has 3 saturated heterocycles. The van der Waals surface area contributed by atoms with E-state index in [0.29, 0.717) is 11.6 Å². The third-order valence-electron chi connectivity index (χ3n) is 5.53. The fourth-order valence-electron chi connectivity index (χ4n) is 4.17. The molecule has 146 valence electrons. The van der Waals surface area contributed by atoms with E-state index in [1.807, 2.05) is 40.4 Å². The number of nitrogens with zero attached hydrogens (tertiary/aromatic N) is 3. The molecule has 1 atom stereocenters. The first-order chi connectivity index (χ1) is 13.7. The molecule has 0 aliphatic carbocycles. The number of rotatable bonds is 3. The molecule has 3 aliphatic heterocycles. The van der Waals surface area contributed by atoms with Gasteiger partial charge in [0.1, 0.15) is 0 Å². The molecule has 3 aromatic rings. The molecule has 2 aromatic heterocycles. The van der Waals surface area contributed by atoms with E-state index in [0.717, 1.165) is 23.1 Å². The minimum Gasteiger partial charge on any atom is -0.483 e. The number of benzene rings is 1. The molecule has 3 fully saturated rings. The van der Waals surface area contributed by atoms with E-state index in [1.165, 1.54) is 25.9 Å². The van der Waals surface area contributed by atoms with E-state index < -0.39 is 0 Å². The molecule has 2 bridgehead atoms. The highest BCUT2D eigenvalue weighted by Crippen LogP contribution is 2.28. The monoisotopic (exact) mass is 398 g/mol. The summed E-state index contributed by atoms with van der Waals surface area (Å²) in [6.07, 6.45) is 2.38. The molecule has 2 N–H and O–H groups in total. The Morgan fingerprint density at radius 1 is 1.25 bits per heavy atom. The van der Waals surface area contributed by atoms with Gasteiger partial charge in [0.15, 0.2) is 5.69 Å². The average Bonchev–Trinajstić information content (AvgIpc) is 3.37. The largest absolute Gasteiger partial charge is 0.483 e. The van der Waals surface area contributed by atoms with E-state index in [1.54, 1.807) is 11.3 Å². The minimum atomic E-state index is -0.250. The van der Waals surface area contributed by atoms with Crippen molar-refractivity contribution in [3.8, 4) is 5.69 Å². The lowest BCUT2D eigenvalue weighted by atomic mass is 9.84. The van der Waals surface area contributed by atoms with E-state index in [4.69, 9.17) is 9.90 Å². The molecule has 0 unspecified atom stereocenters. The van der Waals surface area contributed by atoms with E-state index in [2.05, 4.69) is 20.7 Å². The van der Waals surface area contributed by atoms with Crippen LogP contribution in [0.15, 0.2) is 41.1 Å². The zero-order chi connectivity index (χ0) is 19.5. The standard InChI is InChI=1S/C19H20N4OS.CH2O2/c24-19(20-16-11-22-8-5-13(16)6-9-22)18-15-3-1-2-4-17(15)23(21-18)14-7-10-25-12-14;2-1-3/h1-4,7,10,12-13,16H,5-6,8-9,11H2,(H,20,24);1H,(H,2,3)/t16-;/m1./s1. The second-order valence-electron chi connectivity index (χ2n) is 7.08. The summed E-state index contributed by atoms with van der Waals surface area (Å²) in [5.74, 6) is 0.558. The number of thiophene rings is 1. The SMILES string of the molecule is O=C(N[C@@H]1CN2CCC1CC2)c1nn(-c2ccsc2)c2ccccc12.O=CO. The lowest BCUT2D eigenvalue weighted by Crippen LogP contribution is -2.57. The fraction of sp³-hybridized carbons (Fsp3) is 0.350. The van der Waals surface area contributed by atoms with Crippen molar-refractivity contribution in [3.63, 3.8) is 0 Å². The number of carboxylic acid groups (broad SMARTS) is 1. The predicted octanol–water partition coefficient (Wildman–Crippen LogP) is 2.61. The van der Waals surface area contributed by atoms with Gasteiger partial charge in [0.2, 0.25) is 0 Å². The number of hydrogen-bond donors (Lipinski definition) is 2. The first-order valence-corrected chi connectivity index (χ1v) is 10.3. The van der Waals surface area contributed by atoms with E-state index >= 15 is 0 Å². The van der Waals surface area contributed by atoms with E-state index in [9.17, 15) is 4.79 Å². The van der Waals surface area contributed by atoms with Gasteiger partial charge < -0.3 is 15.3 Å². The lowest BCUT2D eigenvalue weighted by Gasteiger charge is -2.44. The Hall–Kier alpha value is -2.71. The van der Waals surface area contributed by atoms with Gasteiger partial charge >= 0.3 is 0 Å². The van der Waals surface area contributed by atoms with Gasteiger partial charge in [0.05, 0.1) is 11.2 Å². The number of carbonyl (C=O) groups excluding carboxylic acids is 1. The van der Waals surface area contributed by atoms with Crippen molar-refractivity contribution in [2.24, 2.45) is 5.92 Å². The van der Waals surface area contributed by atoms with Crippen LogP contribution in [0.25, 0.3) is 16.6 Å². The summed E-state index contributed by atoms with van der Waals surface area (Å²) in [5.41, 5.74) is 2.50. The first kappa shape index (κ1) is 18.6. The molecule has 1 amide bonds. The molecule has 5 heterocycles. The van der Waals surface area contributed by atoms with Crippen LogP contribution in [0.3, 0.4) is 0 Å². The normalized spacial score (nSPS) is 23.1. The van der Waals surface area contributed by atoms with Gasteiger partial charge in [-0.25, -0.2) is 4.68 Å². The van der Waals surface area contributed by atoms with Crippen molar-refractivity contribution < 1.29 is 14.7 Å². The maximum Gasteiger partial charge on any atom is 0.290 e. The second kappa shape index (κ2) is 8.12. The zero-order valence-corrected chi connectivity index (χ0v) is 16.1. The van der Waals surface area contributed by atoms with Gasteiger partial charge in [0, 0.05) is 23.4 Å². The summed E-state index contributed by atoms with van der Waals surface area (Å²) < 4.78 is 1.87. The number of para-hydroxylation sites is 1. The summed E-state index contributed by atoms with van der Waals surface area (Å²) in [6.45, 7) is 3.07. The highest BCUT2D eigenvalue weighted by atomic mass is 32.1. The lowest BCUT2D eigenvalue weighted by molar-refractivity contribution is -0.122. The third kappa shape index (κ3) is 3.53. The van der Waals surface area contributed by atoms with Gasteiger partial charge in [0.25, 0.3) is 12.4 Å². The molecular weight excluding hydrogens is 376 g/mol. The maximum absolute atomic E-state index is 13.0. The summed E-state index contributed by atoms with van der Waals surface area (Å²) in [7, 11) is 0. The van der Waals surface area contributed by atoms with Gasteiger partial charge in [-0.15, -0.1) is 0 Å². The number of fused-ring (bicyclic) bond motifs is 4. The first-order valence-electron chi connectivity index (χ1n) is 9.32. The van der Waals surface area contributed by atoms with Crippen molar-refractivity contribution >= 4 is 34.6 Å². The molecule has 0 spiro atoms. The molecule has 0 saturated carbocycles. The number of piperidine rings is 3. The number of aromatic nitrogens is 2.